The molecular formula is C11H23NO3. The molecule has 0 saturated heterocycles. The first-order valence-electron chi connectivity index (χ1n) is 5.56. The van der Waals surface area contributed by atoms with Crippen LogP contribution in [-0.2, 0) is 9.53 Å². The zero-order valence-electron chi connectivity index (χ0n) is 10.2. The Kier molecular flexibility index (Phi) is 6.52. The fourth-order valence-corrected chi connectivity index (χ4v) is 1.35. The Morgan fingerprint density at radius 2 is 1.93 bits per heavy atom. The van der Waals surface area contributed by atoms with Gasteiger partial charge in [0.2, 0.25) is 0 Å². The number of methoxy groups -OCH3 is 1. The molecule has 0 aromatic rings. The Labute approximate surface area is 92.0 Å². The molecule has 0 aromatic carbocycles. The van der Waals surface area contributed by atoms with Crippen LogP contribution in [0.5, 0.6) is 0 Å². The van der Waals surface area contributed by atoms with E-state index in [0.29, 0.717) is 25.8 Å². The second kappa shape index (κ2) is 6.80. The van der Waals surface area contributed by atoms with Crippen molar-refractivity contribution in [1.29, 1.82) is 0 Å². The summed E-state index contributed by atoms with van der Waals surface area (Å²) >= 11 is 0. The second-order valence-corrected chi connectivity index (χ2v) is 3.80. The molecule has 0 rings (SSSR count). The van der Waals surface area contributed by atoms with E-state index in [1.54, 1.807) is 0 Å². The van der Waals surface area contributed by atoms with Crippen LogP contribution in [-0.4, -0.2) is 36.4 Å². The van der Waals surface area contributed by atoms with Gasteiger partial charge >= 0.3 is 5.97 Å². The Bertz CT molecular complexity index is 190. The highest BCUT2D eigenvalue weighted by Crippen LogP contribution is 2.13. The Hall–Kier alpha value is -0.610. The maximum absolute atomic E-state index is 11.3. The molecule has 0 aliphatic rings. The van der Waals surface area contributed by atoms with Gasteiger partial charge in [-0.3, -0.25) is 4.79 Å². The summed E-state index contributed by atoms with van der Waals surface area (Å²) in [5.74, 6) is -0.271. The molecule has 0 radical (unpaired) electrons. The summed E-state index contributed by atoms with van der Waals surface area (Å²) in [5, 5.41) is 13.1. The SMILES string of the molecule is CCC(NCC(O)(CC)CC)C(=O)OC. The Balaban J connectivity index is 4.15. The van der Waals surface area contributed by atoms with Crippen molar-refractivity contribution in [2.24, 2.45) is 0 Å². The van der Waals surface area contributed by atoms with Crippen LogP contribution in [0.15, 0.2) is 0 Å². The third-order valence-electron chi connectivity index (χ3n) is 2.89. The van der Waals surface area contributed by atoms with Gasteiger partial charge in [-0.2, -0.15) is 0 Å². The van der Waals surface area contributed by atoms with Gasteiger partial charge in [0.1, 0.15) is 6.04 Å². The van der Waals surface area contributed by atoms with E-state index in [1.165, 1.54) is 7.11 Å². The summed E-state index contributed by atoms with van der Waals surface area (Å²) in [6.45, 7) is 6.20. The van der Waals surface area contributed by atoms with Crippen LogP contribution in [0.25, 0.3) is 0 Å². The first kappa shape index (κ1) is 14.4. The maximum Gasteiger partial charge on any atom is 0.322 e. The van der Waals surface area contributed by atoms with Gasteiger partial charge in [0.15, 0.2) is 0 Å². The van der Waals surface area contributed by atoms with Gasteiger partial charge < -0.3 is 15.2 Å². The summed E-state index contributed by atoms with van der Waals surface area (Å²) in [6, 6.07) is -0.320. The van der Waals surface area contributed by atoms with Crippen molar-refractivity contribution < 1.29 is 14.6 Å². The van der Waals surface area contributed by atoms with E-state index >= 15 is 0 Å². The first-order valence-corrected chi connectivity index (χ1v) is 5.56. The molecule has 0 heterocycles. The maximum atomic E-state index is 11.3. The van der Waals surface area contributed by atoms with Crippen LogP contribution < -0.4 is 5.32 Å². The van der Waals surface area contributed by atoms with Crippen molar-refractivity contribution in [2.45, 2.75) is 51.7 Å². The molecule has 0 spiro atoms. The smallest absolute Gasteiger partial charge is 0.322 e. The monoisotopic (exact) mass is 217 g/mol. The van der Waals surface area contributed by atoms with E-state index in [1.807, 2.05) is 20.8 Å². The van der Waals surface area contributed by atoms with Crippen molar-refractivity contribution in [2.75, 3.05) is 13.7 Å². The molecule has 4 heteroatoms. The number of nitrogens with one attached hydrogen (secondary N) is 1. The number of rotatable bonds is 7. The van der Waals surface area contributed by atoms with E-state index in [-0.39, 0.29) is 12.0 Å². The van der Waals surface area contributed by atoms with Crippen LogP contribution in [0.3, 0.4) is 0 Å². The van der Waals surface area contributed by atoms with Crippen LogP contribution in [0.2, 0.25) is 0 Å². The highest BCUT2D eigenvalue weighted by atomic mass is 16.5. The molecule has 0 amide bonds. The van der Waals surface area contributed by atoms with Crippen molar-refractivity contribution in [3.8, 4) is 0 Å². The normalized spacial score (nSPS) is 13.7. The van der Waals surface area contributed by atoms with Crippen LogP contribution >= 0.6 is 0 Å². The quantitative estimate of drug-likeness (QED) is 0.626. The van der Waals surface area contributed by atoms with Crippen molar-refractivity contribution in [1.82, 2.24) is 5.32 Å². The number of esters is 1. The fourth-order valence-electron chi connectivity index (χ4n) is 1.35. The molecule has 0 aliphatic heterocycles. The lowest BCUT2D eigenvalue weighted by Crippen LogP contribution is -2.46. The van der Waals surface area contributed by atoms with Crippen molar-refractivity contribution >= 4 is 5.97 Å². The molecule has 0 saturated carbocycles. The number of aliphatic hydroxyl groups is 1. The van der Waals surface area contributed by atoms with Crippen LogP contribution in [0.4, 0.5) is 0 Å². The van der Waals surface area contributed by atoms with Gasteiger partial charge in [-0.1, -0.05) is 20.8 Å². The molecule has 15 heavy (non-hydrogen) atoms. The van der Waals surface area contributed by atoms with Gasteiger partial charge in [0.05, 0.1) is 12.7 Å². The number of ether oxygens (including phenoxy) is 1. The minimum absolute atomic E-state index is 0.271. The second-order valence-electron chi connectivity index (χ2n) is 3.80. The predicted molar refractivity (Wildman–Crippen MR) is 59.6 cm³/mol. The lowest BCUT2D eigenvalue weighted by atomic mass is 9.97. The summed E-state index contributed by atoms with van der Waals surface area (Å²) in [4.78, 5) is 11.3. The molecule has 0 bridgehead atoms. The molecule has 0 aromatic heterocycles. The van der Waals surface area contributed by atoms with Gasteiger partial charge in [-0.15, -0.1) is 0 Å². The standard InChI is InChI=1S/C11H23NO3/c1-5-9(10(13)15-4)12-8-11(14,6-2)7-3/h9,12,14H,5-8H2,1-4H3. The first-order chi connectivity index (χ1) is 7.02. The minimum Gasteiger partial charge on any atom is -0.468 e. The third-order valence-corrected chi connectivity index (χ3v) is 2.89. The van der Waals surface area contributed by atoms with Gasteiger partial charge in [-0.25, -0.2) is 0 Å². The van der Waals surface area contributed by atoms with Gasteiger partial charge in [0.25, 0.3) is 0 Å². The zero-order valence-corrected chi connectivity index (χ0v) is 10.2. The molecule has 0 aliphatic carbocycles. The number of hydrogen-bond donors (Lipinski definition) is 2. The van der Waals surface area contributed by atoms with E-state index in [9.17, 15) is 9.90 Å². The topological polar surface area (TPSA) is 58.6 Å². The average Bonchev–Trinajstić information content (AvgIpc) is 2.29. The molecule has 0 fully saturated rings. The Morgan fingerprint density at radius 3 is 2.27 bits per heavy atom. The molecule has 4 nitrogen and oxygen atoms in total. The molecule has 90 valence electrons. The van der Waals surface area contributed by atoms with E-state index in [4.69, 9.17) is 0 Å². The van der Waals surface area contributed by atoms with Crippen molar-refractivity contribution in [3.05, 3.63) is 0 Å². The number of carbonyl (C=O) groups excluding carboxylic acids is 1. The molecule has 1 unspecified atom stereocenters. The largest absolute Gasteiger partial charge is 0.468 e. The number of hydrogen-bond acceptors (Lipinski definition) is 4. The lowest BCUT2D eigenvalue weighted by Gasteiger charge is -2.27. The van der Waals surface area contributed by atoms with Crippen LogP contribution in [0.1, 0.15) is 40.0 Å². The molecule has 1 atom stereocenters. The van der Waals surface area contributed by atoms with E-state index in [0.717, 1.165) is 0 Å². The zero-order chi connectivity index (χ0) is 11.9. The molecular weight excluding hydrogens is 194 g/mol. The predicted octanol–water partition coefficient (Wildman–Crippen LogP) is 1.08. The van der Waals surface area contributed by atoms with Crippen LogP contribution in [0, 0.1) is 0 Å². The summed E-state index contributed by atoms with van der Waals surface area (Å²) in [6.07, 6.45) is 2.01. The lowest BCUT2D eigenvalue weighted by molar-refractivity contribution is -0.143. The van der Waals surface area contributed by atoms with Gasteiger partial charge in [-0.05, 0) is 19.3 Å². The minimum atomic E-state index is -0.721. The highest BCUT2D eigenvalue weighted by Gasteiger charge is 2.25. The summed E-state index contributed by atoms with van der Waals surface area (Å²) < 4.78 is 4.65. The fraction of sp³-hybridized carbons (Fsp3) is 0.909. The van der Waals surface area contributed by atoms with E-state index < -0.39 is 5.60 Å². The Morgan fingerprint density at radius 1 is 1.40 bits per heavy atom. The number of carbonyl (C=O) groups is 1. The van der Waals surface area contributed by atoms with Crippen molar-refractivity contribution in [3.63, 3.8) is 0 Å². The summed E-state index contributed by atoms with van der Waals surface area (Å²) in [5.41, 5.74) is -0.721. The summed E-state index contributed by atoms with van der Waals surface area (Å²) in [7, 11) is 1.37. The van der Waals surface area contributed by atoms with Gasteiger partial charge in [0, 0.05) is 6.54 Å². The average molecular weight is 217 g/mol. The highest BCUT2D eigenvalue weighted by molar-refractivity contribution is 5.75. The molecule has 2 N–H and O–H groups in total. The van der Waals surface area contributed by atoms with E-state index in [2.05, 4.69) is 10.1 Å². The third kappa shape index (κ3) is 4.62.